The summed E-state index contributed by atoms with van der Waals surface area (Å²) in [5.41, 5.74) is 7.03. The number of carbonyl (C=O) groups is 1. The third kappa shape index (κ3) is 5.34. The van der Waals surface area contributed by atoms with Crippen LogP contribution in [-0.2, 0) is 9.53 Å². The number of anilines is 2. The third-order valence-electron chi connectivity index (χ3n) is 3.48. The summed E-state index contributed by atoms with van der Waals surface area (Å²) >= 11 is 0. The summed E-state index contributed by atoms with van der Waals surface area (Å²) in [4.78, 5) is 14.1. The van der Waals surface area contributed by atoms with Crippen molar-refractivity contribution in [3.63, 3.8) is 0 Å². The first-order valence-corrected chi connectivity index (χ1v) is 7.27. The molecule has 21 heavy (non-hydrogen) atoms. The Morgan fingerprint density at radius 3 is 3.14 bits per heavy atom. The van der Waals surface area contributed by atoms with Crippen LogP contribution < -0.4 is 11.1 Å². The molecule has 1 saturated heterocycles. The van der Waals surface area contributed by atoms with Crippen molar-refractivity contribution in [2.24, 2.45) is 0 Å². The maximum Gasteiger partial charge on any atom is 0.224 e. The molecule has 6 heteroatoms. The average molecular weight is 293 g/mol. The molecule has 6 nitrogen and oxygen atoms in total. The Morgan fingerprint density at radius 2 is 2.38 bits per heavy atom. The number of nitrogens with one attached hydrogen (secondary N) is 1. The van der Waals surface area contributed by atoms with E-state index in [1.54, 1.807) is 12.1 Å². The van der Waals surface area contributed by atoms with Gasteiger partial charge in [0.2, 0.25) is 5.91 Å². The van der Waals surface area contributed by atoms with Gasteiger partial charge in [0.25, 0.3) is 0 Å². The summed E-state index contributed by atoms with van der Waals surface area (Å²) in [5.74, 6) is -0.00688. The average Bonchev–Trinajstić information content (AvgIpc) is 2.47. The van der Waals surface area contributed by atoms with Crippen molar-refractivity contribution in [2.45, 2.75) is 18.9 Å². The van der Waals surface area contributed by atoms with Gasteiger partial charge in [-0.3, -0.25) is 9.69 Å². The van der Waals surface area contributed by atoms with E-state index in [9.17, 15) is 4.79 Å². The number of ether oxygens (including phenoxy) is 1. The van der Waals surface area contributed by atoms with Gasteiger partial charge in [-0.15, -0.1) is 0 Å². The van der Waals surface area contributed by atoms with Crippen LogP contribution in [-0.4, -0.2) is 54.9 Å². The Morgan fingerprint density at radius 1 is 1.52 bits per heavy atom. The zero-order valence-electron chi connectivity index (χ0n) is 12.1. The molecule has 0 saturated carbocycles. The minimum absolute atomic E-state index is 0.00688. The van der Waals surface area contributed by atoms with Crippen molar-refractivity contribution in [1.82, 2.24) is 4.90 Å². The van der Waals surface area contributed by atoms with E-state index in [4.69, 9.17) is 15.6 Å². The van der Waals surface area contributed by atoms with Gasteiger partial charge in [0.15, 0.2) is 0 Å². The fourth-order valence-corrected chi connectivity index (χ4v) is 2.40. The van der Waals surface area contributed by atoms with Crippen LogP contribution in [0.1, 0.15) is 12.8 Å². The topological polar surface area (TPSA) is 87.8 Å². The normalized spacial score (nSPS) is 19.4. The van der Waals surface area contributed by atoms with Crippen molar-refractivity contribution >= 4 is 17.3 Å². The molecule has 0 bridgehead atoms. The highest BCUT2D eigenvalue weighted by atomic mass is 16.5. The second-order valence-corrected chi connectivity index (χ2v) is 5.25. The van der Waals surface area contributed by atoms with Crippen LogP contribution in [0.4, 0.5) is 11.4 Å². The molecular weight excluding hydrogens is 270 g/mol. The number of aliphatic hydroxyl groups excluding tert-OH is 1. The number of nitrogens with two attached hydrogens (primary N) is 1. The first kappa shape index (κ1) is 15.8. The van der Waals surface area contributed by atoms with Gasteiger partial charge < -0.3 is 20.9 Å². The maximum absolute atomic E-state index is 11.9. The van der Waals surface area contributed by atoms with Crippen LogP contribution in [0.5, 0.6) is 0 Å². The molecule has 1 aliphatic heterocycles. The number of aliphatic hydroxyl groups is 1. The number of carbonyl (C=O) groups excluding carboxylic acids is 1. The Labute approximate surface area is 124 Å². The van der Waals surface area contributed by atoms with Gasteiger partial charge >= 0.3 is 0 Å². The number of nitrogen functional groups attached to an aromatic ring is 1. The molecule has 1 unspecified atom stereocenters. The summed E-state index contributed by atoms with van der Waals surface area (Å²) in [6, 6.07) is 7.16. The number of rotatable bonds is 6. The summed E-state index contributed by atoms with van der Waals surface area (Å²) in [6.45, 7) is 3.11. The van der Waals surface area contributed by atoms with Crippen LogP contribution >= 0.6 is 0 Å². The molecule has 1 atom stereocenters. The highest BCUT2D eigenvalue weighted by Gasteiger charge is 2.19. The molecular formula is C15H23N3O3. The molecule has 1 fully saturated rings. The lowest BCUT2D eigenvalue weighted by Crippen LogP contribution is -2.44. The third-order valence-corrected chi connectivity index (χ3v) is 3.48. The molecule has 0 aromatic heterocycles. The lowest BCUT2D eigenvalue weighted by atomic mass is 10.2. The number of morpholine rings is 1. The van der Waals surface area contributed by atoms with Gasteiger partial charge in [-0.05, 0) is 31.2 Å². The molecule has 0 spiro atoms. The number of hydrogen-bond donors (Lipinski definition) is 3. The quantitative estimate of drug-likeness (QED) is 0.671. The van der Waals surface area contributed by atoms with E-state index < -0.39 is 0 Å². The van der Waals surface area contributed by atoms with E-state index in [2.05, 4.69) is 10.2 Å². The van der Waals surface area contributed by atoms with Crippen LogP contribution in [0.2, 0.25) is 0 Å². The minimum Gasteiger partial charge on any atom is -0.399 e. The SMILES string of the molecule is Nc1cccc(NC(=O)CCCN2CCOC(CO)C2)c1. The zero-order chi connectivity index (χ0) is 15.1. The molecule has 0 aliphatic carbocycles. The first-order valence-electron chi connectivity index (χ1n) is 7.27. The van der Waals surface area contributed by atoms with Gasteiger partial charge in [-0.25, -0.2) is 0 Å². The van der Waals surface area contributed by atoms with E-state index in [0.29, 0.717) is 18.7 Å². The van der Waals surface area contributed by atoms with E-state index in [1.165, 1.54) is 0 Å². The first-order chi connectivity index (χ1) is 10.2. The Hall–Kier alpha value is -1.63. The Balaban J connectivity index is 1.67. The van der Waals surface area contributed by atoms with Crippen LogP contribution in [0.25, 0.3) is 0 Å². The summed E-state index contributed by atoms with van der Waals surface area (Å²) in [5, 5.41) is 11.9. The largest absolute Gasteiger partial charge is 0.399 e. The smallest absolute Gasteiger partial charge is 0.224 e. The molecule has 1 aliphatic rings. The zero-order valence-corrected chi connectivity index (χ0v) is 12.1. The van der Waals surface area contributed by atoms with E-state index in [-0.39, 0.29) is 18.6 Å². The predicted octanol–water partition coefficient (Wildman–Crippen LogP) is 0.681. The summed E-state index contributed by atoms with van der Waals surface area (Å²) in [6.07, 6.45) is 1.15. The Bertz CT molecular complexity index is 467. The van der Waals surface area contributed by atoms with Crippen molar-refractivity contribution in [3.05, 3.63) is 24.3 Å². The lowest BCUT2D eigenvalue weighted by Gasteiger charge is -2.31. The molecule has 4 N–H and O–H groups in total. The highest BCUT2D eigenvalue weighted by Crippen LogP contribution is 2.12. The van der Waals surface area contributed by atoms with E-state index >= 15 is 0 Å². The molecule has 1 amide bonds. The van der Waals surface area contributed by atoms with Gasteiger partial charge in [0, 0.05) is 30.9 Å². The minimum atomic E-state index is -0.0973. The number of amides is 1. The molecule has 1 aromatic carbocycles. The second kappa shape index (κ2) is 7.97. The fraction of sp³-hybridized carbons (Fsp3) is 0.533. The van der Waals surface area contributed by atoms with Crippen LogP contribution in [0, 0.1) is 0 Å². The van der Waals surface area contributed by atoms with Gasteiger partial charge in [0.05, 0.1) is 19.3 Å². The number of benzene rings is 1. The molecule has 1 heterocycles. The Kier molecular flexibility index (Phi) is 5.98. The number of nitrogens with zero attached hydrogens (tertiary/aromatic N) is 1. The standard InChI is InChI=1S/C15H23N3O3/c16-12-3-1-4-13(9-12)17-15(20)5-2-6-18-7-8-21-14(10-18)11-19/h1,3-4,9,14,19H,2,5-8,10-11,16H2,(H,17,20). The number of hydrogen-bond acceptors (Lipinski definition) is 5. The predicted molar refractivity (Wildman–Crippen MR) is 82.0 cm³/mol. The highest BCUT2D eigenvalue weighted by molar-refractivity contribution is 5.91. The van der Waals surface area contributed by atoms with Crippen LogP contribution in [0.3, 0.4) is 0 Å². The lowest BCUT2D eigenvalue weighted by molar-refractivity contribution is -0.116. The van der Waals surface area contributed by atoms with Gasteiger partial charge in [-0.1, -0.05) is 6.07 Å². The van der Waals surface area contributed by atoms with E-state index in [0.717, 1.165) is 31.7 Å². The molecule has 2 rings (SSSR count). The van der Waals surface area contributed by atoms with Gasteiger partial charge in [-0.2, -0.15) is 0 Å². The molecule has 1 aromatic rings. The van der Waals surface area contributed by atoms with Crippen molar-refractivity contribution in [1.29, 1.82) is 0 Å². The van der Waals surface area contributed by atoms with Crippen LogP contribution in [0.15, 0.2) is 24.3 Å². The molecule has 116 valence electrons. The summed E-state index contributed by atoms with van der Waals surface area (Å²) < 4.78 is 5.39. The van der Waals surface area contributed by atoms with Crippen molar-refractivity contribution in [2.75, 3.05) is 43.9 Å². The fourth-order valence-electron chi connectivity index (χ4n) is 2.40. The maximum atomic E-state index is 11.9. The monoisotopic (exact) mass is 293 g/mol. The van der Waals surface area contributed by atoms with Crippen molar-refractivity contribution < 1.29 is 14.6 Å². The van der Waals surface area contributed by atoms with E-state index in [1.807, 2.05) is 12.1 Å². The van der Waals surface area contributed by atoms with Gasteiger partial charge in [0.1, 0.15) is 0 Å². The van der Waals surface area contributed by atoms with Crippen molar-refractivity contribution in [3.8, 4) is 0 Å². The summed E-state index contributed by atoms with van der Waals surface area (Å²) in [7, 11) is 0. The molecule has 0 radical (unpaired) electrons. The second-order valence-electron chi connectivity index (χ2n) is 5.25.